The molecule has 0 rings (SSSR count). The first-order valence-electron chi connectivity index (χ1n) is 1.72. The van der Waals surface area contributed by atoms with Crippen molar-refractivity contribution < 1.29 is 9.84 Å². The second kappa shape index (κ2) is 4.88. The van der Waals surface area contributed by atoms with Gasteiger partial charge in [0.05, 0.1) is 13.5 Å². The molecule has 0 aliphatic rings. The van der Waals surface area contributed by atoms with E-state index in [4.69, 9.17) is 5.11 Å². The fraction of sp³-hybridized carbons (Fsp3) is 1.00. The highest BCUT2D eigenvalue weighted by molar-refractivity contribution is 4.14. The molecular weight excluding hydrogens is 82.0 g/mol. The largest absolute Gasteiger partial charge is 0.381 e. The summed E-state index contributed by atoms with van der Waals surface area (Å²) in [7, 11) is 1.56. The van der Waals surface area contributed by atoms with Gasteiger partial charge in [0.1, 0.15) is 0 Å². The molecule has 0 aliphatic heterocycles. The van der Waals surface area contributed by atoms with Crippen LogP contribution in [-0.4, -0.2) is 25.7 Å². The van der Waals surface area contributed by atoms with Crippen molar-refractivity contribution in [2.24, 2.45) is 0 Å². The molecule has 0 saturated heterocycles. The van der Waals surface area contributed by atoms with Crippen LogP contribution < -0.4 is 5.32 Å². The molecule has 0 aromatic carbocycles. The standard InChI is InChI=1S/C3H9NO2/c1-6-3-4-2-5/h4-5H,2-3H2,1H3. The van der Waals surface area contributed by atoms with Gasteiger partial charge >= 0.3 is 0 Å². The van der Waals surface area contributed by atoms with E-state index in [-0.39, 0.29) is 6.73 Å². The highest BCUT2D eigenvalue weighted by Crippen LogP contribution is 1.52. The highest BCUT2D eigenvalue weighted by atomic mass is 16.5. The average Bonchev–Trinajstić information content (AvgIpc) is 1.61. The third-order valence-electron chi connectivity index (χ3n) is 0.358. The molecule has 0 aromatic rings. The Kier molecular flexibility index (Phi) is 4.78. The first-order chi connectivity index (χ1) is 2.91. The molecule has 0 radical (unpaired) electrons. The second-order valence-corrected chi connectivity index (χ2v) is 0.841. The van der Waals surface area contributed by atoms with Crippen molar-refractivity contribution in [1.29, 1.82) is 0 Å². The molecule has 0 atom stereocenters. The van der Waals surface area contributed by atoms with E-state index in [9.17, 15) is 0 Å². The summed E-state index contributed by atoms with van der Waals surface area (Å²) in [6.45, 7) is 0.393. The fourth-order valence-electron chi connectivity index (χ4n) is 0.148. The lowest BCUT2D eigenvalue weighted by Crippen LogP contribution is -2.16. The Morgan fingerprint density at radius 1 is 1.83 bits per heavy atom. The number of methoxy groups -OCH3 is 1. The highest BCUT2D eigenvalue weighted by Gasteiger charge is 1.70. The van der Waals surface area contributed by atoms with Gasteiger partial charge in [-0.05, 0) is 0 Å². The summed E-state index contributed by atoms with van der Waals surface area (Å²) < 4.78 is 4.51. The monoisotopic (exact) mass is 91.1 g/mol. The van der Waals surface area contributed by atoms with E-state index in [1.165, 1.54) is 0 Å². The molecule has 3 nitrogen and oxygen atoms in total. The Hall–Kier alpha value is -0.120. The quantitative estimate of drug-likeness (QED) is 0.350. The average molecular weight is 91.1 g/mol. The van der Waals surface area contributed by atoms with E-state index in [1.807, 2.05) is 0 Å². The van der Waals surface area contributed by atoms with Crippen LogP contribution in [0.4, 0.5) is 0 Å². The summed E-state index contributed by atoms with van der Waals surface area (Å²) in [5, 5.41) is 10.5. The van der Waals surface area contributed by atoms with Crippen LogP contribution in [0, 0.1) is 0 Å². The van der Waals surface area contributed by atoms with Crippen LogP contribution in [0.5, 0.6) is 0 Å². The Balaban J connectivity index is 2.34. The van der Waals surface area contributed by atoms with Gasteiger partial charge in [-0.25, -0.2) is 0 Å². The topological polar surface area (TPSA) is 41.5 Å². The minimum absolute atomic E-state index is 0.0200. The van der Waals surface area contributed by atoms with Crippen LogP contribution in [0.2, 0.25) is 0 Å². The summed E-state index contributed by atoms with van der Waals surface area (Å²) in [4.78, 5) is 0. The predicted molar refractivity (Wildman–Crippen MR) is 22.1 cm³/mol. The molecule has 0 spiro atoms. The normalized spacial score (nSPS) is 9.00. The van der Waals surface area contributed by atoms with E-state index >= 15 is 0 Å². The molecule has 0 aromatic heterocycles. The fourth-order valence-corrected chi connectivity index (χ4v) is 0.148. The zero-order valence-electron chi connectivity index (χ0n) is 3.77. The molecule has 3 heteroatoms. The lowest BCUT2D eigenvalue weighted by atomic mass is 11.1. The van der Waals surface area contributed by atoms with Crippen molar-refractivity contribution in [3.8, 4) is 0 Å². The summed E-state index contributed by atoms with van der Waals surface area (Å²) in [5.74, 6) is 0. The van der Waals surface area contributed by atoms with Gasteiger partial charge in [0.2, 0.25) is 0 Å². The van der Waals surface area contributed by atoms with Crippen molar-refractivity contribution in [2.75, 3.05) is 20.6 Å². The van der Waals surface area contributed by atoms with Gasteiger partial charge in [-0.3, -0.25) is 5.32 Å². The van der Waals surface area contributed by atoms with E-state index in [0.29, 0.717) is 6.73 Å². The number of aliphatic hydroxyl groups is 1. The van der Waals surface area contributed by atoms with E-state index < -0.39 is 0 Å². The van der Waals surface area contributed by atoms with Crippen LogP contribution >= 0.6 is 0 Å². The molecule has 0 bridgehead atoms. The summed E-state index contributed by atoms with van der Waals surface area (Å²) in [5.41, 5.74) is 0. The van der Waals surface area contributed by atoms with Crippen LogP contribution in [0.15, 0.2) is 0 Å². The number of rotatable bonds is 3. The summed E-state index contributed by atoms with van der Waals surface area (Å²) >= 11 is 0. The van der Waals surface area contributed by atoms with Crippen molar-refractivity contribution in [3.05, 3.63) is 0 Å². The molecule has 0 aliphatic carbocycles. The van der Waals surface area contributed by atoms with Gasteiger partial charge < -0.3 is 9.84 Å². The Morgan fingerprint density at radius 3 is 2.67 bits per heavy atom. The van der Waals surface area contributed by atoms with Gasteiger partial charge in [0.25, 0.3) is 0 Å². The van der Waals surface area contributed by atoms with Crippen molar-refractivity contribution in [2.45, 2.75) is 0 Å². The molecule has 0 amide bonds. The summed E-state index contributed by atoms with van der Waals surface area (Å²) in [6, 6.07) is 0. The van der Waals surface area contributed by atoms with Crippen LogP contribution in [0.1, 0.15) is 0 Å². The maximum Gasteiger partial charge on any atom is 0.0978 e. The predicted octanol–water partition coefficient (Wildman–Crippen LogP) is -0.870. The minimum atomic E-state index is -0.0200. The Labute approximate surface area is 36.9 Å². The second-order valence-electron chi connectivity index (χ2n) is 0.841. The van der Waals surface area contributed by atoms with Crippen molar-refractivity contribution in [3.63, 3.8) is 0 Å². The molecule has 0 heterocycles. The van der Waals surface area contributed by atoms with Gasteiger partial charge in [0, 0.05) is 7.11 Å². The lowest BCUT2D eigenvalue weighted by Gasteiger charge is -1.93. The van der Waals surface area contributed by atoms with E-state index in [2.05, 4.69) is 10.1 Å². The first-order valence-corrected chi connectivity index (χ1v) is 1.72. The first kappa shape index (κ1) is 5.88. The number of nitrogens with one attached hydrogen (secondary N) is 1. The Morgan fingerprint density at radius 2 is 2.50 bits per heavy atom. The smallest absolute Gasteiger partial charge is 0.0978 e. The zero-order chi connectivity index (χ0) is 4.83. The molecule has 0 fully saturated rings. The Bertz CT molecular complexity index is 20.8. The molecule has 0 saturated carbocycles. The van der Waals surface area contributed by atoms with E-state index in [1.54, 1.807) is 7.11 Å². The summed E-state index contributed by atoms with van der Waals surface area (Å²) in [6.07, 6.45) is 0. The van der Waals surface area contributed by atoms with Gasteiger partial charge in [0.15, 0.2) is 0 Å². The zero-order valence-corrected chi connectivity index (χ0v) is 3.77. The maximum atomic E-state index is 8.01. The molecule has 0 unspecified atom stereocenters. The number of hydrogen-bond acceptors (Lipinski definition) is 3. The van der Waals surface area contributed by atoms with Crippen LogP contribution in [-0.2, 0) is 4.74 Å². The van der Waals surface area contributed by atoms with Crippen LogP contribution in [0.3, 0.4) is 0 Å². The van der Waals surface area contributed by atoms with Crippen LogP contribution in [0.25, 0.3) is 0 Å². The molecule has 2 N–H and O–H groups in total. The minimum Gasteiger partial charge on any atom is -0.381 e. The number of hydrogen-bond donors (Lipinski definition) is 2. The van der Waals surface area contributed by atoms with E-state index in [0.717, 1.165) is 0 Å². The molecule has 38 valence electrons. The number of aliphatic hydroxyl groups excluding tert-OH is 1. The SMILES string of the molecule is COCNCO. The van der Waals surface area contributed by atoms with Gasteiger partial charge in [-0.15, -0.1) is 0 Å². The van der Waals surface area contributed by atoms with Crippen molar-refractivity contribution in [1.82, 2.24) is 5.32 Å². The molecule has 6 heavy (non-hydrogen) atoms. The van der Waals surface area contributed by atoms with Gasteiger partial charge in [-0.1, -0.05) is 0 Å². The third-order valence-corrected chi connectivity index (χ3v) is 0.358. The number of ether oxygens (including phenoxy) is 1. The maximum absolute atomic E-state index is 8.01. The van der Waals surface area contributed by atoms with Crippen molar-refractivity contribution >= 4 is 0 Å². The molecular formula is C3H9NO2. The lowest BCUT2D eigenvalue weighted by molar-refractivity contribution is 0.137. The third kappa shape index (κ3) is 3.88. The van der Waals surface area contributed by atoms with Gasteiger partial charge in [-0.2, -0.15) is 0 Å².